The fourth-order valence-corrected chi connectivity index (χ4v) is 4.32. The fraction of sp³-hybridized carbons (Fsp3) is 0.652. The molecule has 7 heteroatoms. The number of carbonyl (C=O) groups excluding carboxylic acids is 2. The molecule has 2 fully saturated rings. The van der Waals surface area contributed by atoms with Gasteiger partial charge >= 0.3 is 0 Å². The van der Waals surface area contributed by atoms with Crippen LogP contribution in [0.25, 0.3) is 0 Å². The molecular weight excluding hydrogens is 384 g/mol. The quantitative estimate of drug-likeness (QED) is 0.702. The maximum Gasteiger partial charge on any atom is 0.254 e. The van der Waals surface area contributed by atoms with Crippen molar-refractivity contribution >= 4 is 11.8 Å². The number of hydrogen-bond acceptors (Lipinski definition) is 5. The van der Waals surface area contributed by atoms with Crippen molar-refractivity contribution in [2.24, 2.45) is 0 Å². The zero-order chi connectivity index (χ0) is 21.3. The molecule has 2 saturated heterocycles. The van der Waals surface area contributed by atoms with Crippen molar-refractivity contribution in [3.8, 4) is 5.75 Å². The third-order valence-corrected chi connectivity index (χ3v) is 6.07. The summed E-state index contributed by atoms with van der Waals surface area (Å²) in [5.41, 5.74) is 0.658. The Balaban J connectivity index is 1.50. The number of aliphatic hydroxyl groups is 1. The highest BCUT2D eigenvalue weighted by atomic mass is 16.5. The summed E-state index contributed by atoms with van der Waals surface area (Å²) in [4.78, 5) is 28.8. The van der Waals surface area contributed by atoms with E-state index in [1.807, 2.05) is 34.1 Å². The number of piperidine rings is 2. The lowest BCUT2D eigenvalue weighted by molar-refractivity contribution is -0.133. The minimum atomic E-state index is 0.0302. The summed E-state index contributed by atoms with van der Waals surface area (Å²) in [7, 11) is 1.60. The molecule has 166 valence electrons. The second kappa shape index (κ2) is 11.3. The number of hydrogen-bond donors (Lipinski definition) is 1. The van der Waals surface area contributed by atoms with Gasteiger partial charge < -0.3 is 24.4 Å². The van der Waals surface area contributed by atoms with Crippen LogP contribution in [-0.4, -0.2) is 78.8 Å². The maximum absolute atomic E-state index is 12.9. The van der Waals surface area contributed by atoms with Crippen LogP contribution in [0.2, 0.25) is 0 Å². The molecule has 1 N–H and O–H groups in total. The second-order valence-electron chi connectivity index (χ2n) is 8.13. The van der Waals surface area contributed by atoms with E-state index >= 15 is 0 Å². The fourth-order valence-electron chi connectivity index (χ4n) is 4.32. The van der Waals surface area contributed by atoms with Gasteiger partial charge in [0.25, 0.3) is 5.91 Å². The molecule has 0 bridgehead atoms. The molecule has 1 aromatic carbocycles. The molecule has 2 aliphatic rings. The molecule has 0 saturated carbocycles. The van der Waals surface area contributed by atoms with Crippen LogP contribution in [0.5, 0.6) is 5.75 Å². The molecule has 2 amide bonds. The Kier molecular flexibility index (Phi) is 8.51. The molecule has 2 heterocycles. The van der Waals surface area contributed by atoms with Gasteiger partial charge in [0.2, 0.25) is 5.91 Å². The summed E-state index contributed by atoms with van der Waals surface area (Å²) in [6, 6.07) is 7.49. The highest BCUT2D eigenvalue weighted by Crippen LogP contribution is 2.24. The van der Waals surface area contributed by atoms with E-state index in [2.05, 4.69) is 0 Å². The molecule has 0 aromatic heterocycles. The maximum atomic E-state index is 12.9. The van der Waals surface area contributed by atoms with Gasteiger partial charge in [-0.05, 0) is 49.9 Å². The first-order valence-corrected chi connectivity index (χ1v) is 11.1. The number of ether oxygens (including phenoxy) is 2. The number of amides is 2. The van der Waals surface area contributed by atoms with E-state index < -0.39 is 0 Å². The van der Waals surface area contributed by atoms with Crippen molar-refractivity contribution in [2.45, 2.75) is 57.1 Å². The van der Waals surface area contributed by atoms with Crippen LogP contribution < -0.4 is 4.74 Å². The molecule has 1 atom stereocenters. The lowest BCUT2D eigenvalue weighted by atomic mass is 9.98. The van der Waals surface area contributed by atoms with Gasteiger partial charge in [-0.25, -0.2) is 0 Å². The van der Waals surface area contributed by atoms with E-state index in [0.717, 1.165) is 44.4 Å². The SMILES string of the molecule is COCCC(=O)N1CCC(Oc2ccc(C(=O)N3CCCC[C@H]3CCO)cc2)CC1. The molecule has 0 aliphatic carbocycles. The Morgan fingerprint density at radius 1 is 1.07 bits per heavy atom. The van der Waals surface area contributed by atoms with Crippen molar-refractivity contribution in [3.05, 3.63) is 29.8 Å². The molecular formula is C23H34N2O5. The zero-order valence-corrected chi connectivity index (χ0v) is 17.9. The van der Waals surface area contributed by atoms with Crippen LogP contribution in [0.1, 0.15) is 55.3 Å². The van der Waals surface area contributed by atoms with Crippen LogP contribution in [0.4, 0.5) is 0 Å². The lowest BCUT2D eigenvalue weighted by Crippen LogP contribution is -2.44. The van der Waals surface area contributed by atoms with E-state index in [9.17, 15) is 14.7 Å². The van der Waals surface area contributed by atoms with E-state index in [0.29, 0.717) is 38.1 Å². The first kappa shape index (κ1) is 22.6. The van der Waals surface area contributed by atoms with Crippen LogP contribution in [0, 0.1) is 0 Å². The first-order chi connectivity index (χ1) is 14.6. The van der Waals surface area contributed by atoms with Crippen molar-refractivity contribution in [2.75, 3.05) is 40.0 Å². The number of aliphatic hydroxyl groups excluding tert-OH is 1. The van der Waals surface area contributed by atoms with E-state index in [1.54, 1.807) is 7.11 Å². The molecule has 1 aromatic rings. The average Bonchev–Trinajstić information content (AvgIpc) is 2.78. The highest BCUT2D eigenvalue weighted by Gasteiger charge is 2.27. The Morgan fingerprint density at radius 3 is 2.47 bits per heavy atom. The summed E-state index contributed by atoms with van der Waals surface area (Å²) < 4.78 is 11.1. The van der Waals surface area contributed by atoms with Gasteiger partial charge in [-0.2, -0.15) is 0 Å². The van der Waals surface area contributed by atoms with Gasteiger partial charge in [-0.3, -0.25) is 9.59 Å². The summed E-state index contributed by atoms with van der Waals surface area (Å²) in [6.07, 6.45) is 5.83. The third kappa shape index (κ3) is 5.95. The van der Waals surface area contributed by atoms with Gasteiger partial charge in [-0.15, -0.1) is 0 Å². The highest BCUT2D eigenvalue weighted by molar-refractivity contribution is 5.94. The van der Waals surface area contributed by atoms with Crippen molar-refractivity contribution < 1.29 is 24.2 Å². The van der Waals surface area contributed by atoms with Crippen LogP contribution in [0.15, 0.2) is 24.3 Å². The summed E-state index contributed by atoms with van der Waals surface area (Å²) in [5, 5.41) is 9.28. The van der Waals surface area contributed by atoms with Gasteiger partial charge in [-0.1, -0.05) is 0 Å². The third-order valence-electron chi connectivity index (χ3n) is 6.07. The second-order valence-corrected chi connectivity index (χ2v) is 8.13. The van der Waals surface area contributed by atoms with Gasteiger partial charge in [0.05, 0.1) is 13.0 Å². The lowest BCUT2D eigenvalue weighted by Gasteiger charge is -2.35. The Bertz CT molecular complexity index is 683. The Morgan fingerprint density at radius 2 is 1.80 bits per heavy atom. The molecule has 0 spiro atoms. The minimum absolute atomic E-state index is 0.0302. The Hall–Kier alpha value is -2.12. The number of rotatable bonds is 8. The Labute approximate surface area is 178 Å². The summed E-state index contributed by atoms with van der Waals surface area (Å²) in [5.74, 6) is 0.916. The van der Waals surface area contributed by atoms with Crippen molar-refractivity contribution in [1.82, 2.24) is 9.80 Å². The normalized spacial score (nSPS) is 20.3. The molecule has 7 nitrogen and oxygen atoms in total. The molecule has 2 aliphatic heterocycles. The van der Waals surface area contributed by atoms with E-state index in [-0.39, 0.29) is 30.6 Å². The van der Waals surface area contributed by atoms with E-state index in [4.69, 9.17) is 9.47 Å². The first-order valence-electron chi connectivity index (χ1n) is 11.1. The zero-order valence-electron chi connectivity index (χ0n) is 17.9. The van der Waals surface area contributed by atoms with Crippen LogP contribution >= 0.6 is 0 Å². The smallest absolute Gasteiger partial charge is 0.254 e. The largest absolute Gasteiger partial charge is 0.490 e. The van der Waals surface area contributed by atoms with Crippen molar-refractivity contribution in [1.29, 1.82) is 0 Å². The number of benzene rings is 1. The number of nitrogens with zero attached hydrogens (tertiary/aromatic N) is 2. The van der Waals surface area contributed by atoms with E-state index in [1.165, 1.54) is 0 Å². The monoisotopic (exact) mass is 418 g/mol. The van der Waals surface area contributed by atoms with Gasteiger partial charge in [0.15, 0.2) is 0 Å². The average molecular weight is 419 g/mol. The molecule has 0 radical (unpaired) electrons. The van der Waals surface area contributed by atoms with Gasteiger partial charge in [0.1, 0.15) is 11.9 Å². The van der Waals surface area contributed by atoms with Gasteiger partial charge in [0, 0.05) is 57.8 Å². The number of carbonyl (C=O) groups is 2. The molecule has 30 heavy (non-hydrogen) atoms. The number of likely N-dealkylation sites (tertiary alicyclic amines) is 2. The predicted octanol–water partition coefficient (Wildman–Crippen LogP) is 2.47. The predicted molar refractivity (Wildman–Crippen MR) is 114 cm³/mol. The molecule has 3 rings (SSSR count). The standard InChI is InChI=1S/C23H34N2O5/c1-29-17-12-22(27)24-14-9-21(10-15-24)30-20-7-5-18(6-8-20)23(28)25-13-3-2-4-19(25)11-16-26/h5-8,19,21,26H,2-4,9-17H2,1H3/t19-/m0/s1. The summed E-state index contributed by atoms with van der Waals surface area (Å²) >= 11 is 0. The van der Waals surface area contributed by atoms with Crippen LogP contribution in [-0.2, 0) is 9.53 Å². The minimum Gasteiger partial charge on any atom is -0.490 e. The topological polar surface area (TPSA) is 79.3 Å². The number of methoxy groups -OCH3 is 1. The van der Waals surface area contributed by atoms with Crippen LogP contribution in [0.3, 0.4) is 0 Å². The van der Waals surface area contributed by atoms with Crippen molar-refractivity contribution in [3.63, 3.8) is 0 Å². The molecule has 0 unspecified atom stereocenters. The summed E-state index contributed by atoms with van der Waals surface area (Å²) in [6.45, 7) is 2.72.